The normalized spacial score (nSPS) is 11.1. The molecule has 1 N–H and O–H groups in total. The molecule has 0 saturated carbocycles. The van der Waals surface area contributed by atoms with Gasteiger partial charge in [0.2, 0.25) is 0 Å². The number of aromatic nitrogens is 3. The largest absolute Gasteiger partial charge is 0.332 e. The zero-order valence-electron chi connectivity index (χ0n) is 15.3. The fraction of sp³-hybridized carbons (Fsp3) is 0. The average Bonchev–Trinajstić information content (AvgIpc) is 3.11. The summed E-state index contributed by atoms with van der Waals surface area (Å²) in [6.45, 7) is 0. The Balaban J connectivity index is 2.02. The Morgan fingerprint density at radius 2 is 1.52 bits per heavy atom. The molecule has 5 rings (SSSR count). The number of nitrogens with one attached hydrogen (secondary N) is 1. The van der Waals surface area contributed by atoms with Gasteiger partial charge in [-0.2, -0.15) is 0 Å². The Labute approximate surface area is 178 Å². The van der Waals surface area contributed by atoms with Crippen molar-refractivity contribution in [3.8, 4) is 28.1 Å². The molecular formula is C24H16ClN3S. The monoisotopic (exact) mass is 413 g/mol. The zero-order chi connectivity index (χ0) is 19.8. The van der Waals surface area contributed by atoms with Crippen LogP contribution in [0.15, 0.2) is 91.3 Å². The van der Waals surface area contributed by atoms with Gasteiger partial charge in [-0.15, -0.1) is 0 Å². The lowest BCUT2D eigenvalue weighted by Gasteiger charge is -2.13. The van der Waals surface area contributed by atoms with Crippen LogP contribution in [0.1, 0.15) is 0 Å². The number of halogens is 1. The lowest BCUT2D eigenvalue weighted by atomic mass is 9.99. The Kier molecular flexibility index (Phi) is 4.51. The van der Waals surface area contributed by atoms with Crippen LogP contribution in [0.25, 0.3) is 39.1 Å². The van der Waals surface area contributed by atoms with E-state index in [1.807, 2.05) is 60.7 Å². The van der Waals surface area contributed by atoms with E-state index in [-0.39, 0.29) is 0 Å². The van der Waals surface area contributed by atoms with E-state index in [4.69, 9.17) is 23.8 Å². The van der Waals surface area contributed by atoms with Gasteiger partial charge in [-0.25, -0.2) is 4.98 Å². The van der Waals surface area contributed by atoms with Gasteiger partial charge in [0, 0.05) is 16.3 Å². The predicted molar refractivity (Wildman–Crippen MR) is 122 cm³/mol. The minimum atomic E-state index is 0.565. The summed E-state index contributed by atoms with van der Waals surface area (Å²) in [5, 5.41) is 1.60. The second kappa shape index (κ2) is 7.32. The van der Waals surface area contributed by atoms with Crippen LogP contribution in [0, 0.1) is 4.64 Å². The number of hydrogen-bond donors (Lipinski definition) is 1. The summed E-state index contributed by atoms with van der Waals surface area (Å²) in [6.07, 6.45) is 1.65. The van der Waals surface area contributed by atoms with Gasteiger partial charge < -0.3 is 4.98 Å². The van der Waals surface area contributed by atoms with Crippen molar-refractivity contribution in [1.82, 2.24) is 14.5 Å². The molecule has 140 valence electrons. The molecule has 2 heterocycles. The van der Waals surface area contributed by atoms with Gasteiger partial charge in [-0.3, -0.25) is 4.57 Å². The molecule has 0 bridgehead atoms. The number of rotatable bonds is 3. The third kappa shape index (κ3) is 3.07. The van der Waals surface area contributed by atoms with Crippen molar-refractivity contribution in [2.75, 3.05) is 0 Å². The van der Waals surface area contributed by atoms with Gasteiger partial charge in [0.1, 0.15) is 10.3 Å². The summed E-state index contributed by atoms with van der Waals surface area (Å²) in [7, 11) is 0. The Morgan fingerprint density at radius 3 is 2.21 bits per heavy atom. The van der Waals surface area contributed by atoms with Crippen molar-refractivity contribution in [3.05, 3.63) is 101 Å². The van der Waals surface area contributed by atoms with Gasteiger partial charge in [-0.05, 0) is 29.3 Å². The summed E-state index contributed by atoms with van der Waals surface area (Å²) >= 11 is 12.0. The first-order chi connectivity index (χ1) is 14.2. The van der Waals surface area contributed by atoms with E-state index in [9.17, 15) is 0 Å². The first kappa shape index (κ1) is 17.9. The number of hydrogen-bond acceptors (Lipinski definition) is 2. The van der Waals surface area contributed by atoms with Crippen LogP contribution < -0.4 is 0 Å². The Bertz CT molecular complexity index is 1370. The van der Waals surface area contributed by atoms with E-state index in [1.54, 1.807) is 6.33 Å². The smallest absolute Gasteiger partial charge is 0.139 e. The first-order valence-corrected chi connectivity index (χ1v) is 10.0. The molecule has 3 aromatic carbocycles. The highest BCUT2D eigenvalue weighted by Crippen LogP contribution is 2.42. The predicted octanol–water partition coefficient (Wildman–Crippen LogP) is 7.07. The standard InChI is InChI=1S/C24H16ClN3S/c25-18-12-7-13-19(14-18)28-22(17-10-5-2-6-11-17)20(16-8-3-1-4-9-16)21-23(28)26-15-27-24(21)29/h1-15H,(H,26,27,29). The number of nitrogens with zero attached hydrogens (tertiary/aromatic N) is 2. The van der Waals surface area contributed by atoms with Crippen molar-refractivity contribution in [3.63, 3.8) is 0 Å². The number of aromatic amines is 1. The molecule has 2 aromatic heterocycles. The minimum absolute atomic E-state index is 0.565. The molecule has 0 aliphatic carbocycles. The number of fused-ring (bicyclic) bond motifs is 1. The van der Waals surface area contributed by atoms with E-state index < -0.39 is 0 Å². The summed E-state index contributed by atoms with van der Waals surface area (Å²) in [4.78, 5) is 7.69. The quantitative estimate of drug-likeness (QED) is 0.321. The maximum atomic E-state index is 6.34. The maximum Gasteiger partial charge on any atom is 0.139 e. The molecular weight excluding hydrogens is 398 g/mol. The maximum absolute atomic E-state index is 6.34. The summed E-state index contributed by atoms with van der Waals surface area (Å²) in [5.41, 5.74) is 6.13. The number of H-pyrrole nitrogens is 1. The average molecular weight is 414 g/mol. The molecule has 29 heavy (non-hydrogen) atoms. The topological polar surface area (TPSA) is 33.6 Å². The molecule has 0 radical (unpaired) electrons. The van der Waals surface area contributed by atoms with Crippen LogP contribution in [-0.4, -0.2) is 14.5 Å². The zero-order valence-corrected chi connectivity index (χ0v) is 16.9. The van der Waals surface area contributed by atoms with Crippen LogP contribution in [0.4, 0.5) is 0 Å². The first-order valence-electron chi connectivity index (χ1n) is 9.23. The molecule has 5 aromatic rings. The van der Waals surface area contributed by atoms with Crippen molar-refractivity contribution in [2.45, 2.75) is 0 Å². The highest BCUT2D eigenvalue weighted by Gasteiger charge is 2.22. The summed E-state index contributed by atoms with van der Waals surface area (Å²) in [6, 6.07) is 28.4. The molecule has 0 spiro atoms. The Hall–Kier alpha value is -3.21. The summed E-state index contributed by atoms with van der Waals surface area (Å²) < 4.78 is 2.74. The van der Waals surface area contributed by atoms with Gasteiger partial charge in [0.15, 0.2) is 0 Å². The van der Waals surface area contributed by atoms with Crippen LogP contribution in [0.3, 0.4) is 0 Å². The molecule has 3 nitrogen and oxygen atoms in total. The third-order valence-corrected chi connectivity index (χ3v) is 5.49. The van der Waals surface area contributed by atoms with Crippen molar-refractivity contribution >= 4 is 34.9 Å². The molecule has 0 atom stereocenters. The fourth-order valence-electron chi connectivity index (χ4n) is 3.76. The lowest BCUT2D eigenvalue weighted by Crippen LogP contribution is -1.99. The van der Waals surface area contributed by atoms with E-state index in [1.165, 1.54) is 0 Å². The van der Waals surface area contributed by atoms with Crippen molar-refractivity contribution in [2.24, 2.45) is 0 Å². The minimum Gasteiger partial charge on any atom is -0.332 e. The highest BCUT2D eigenvalue weighted by molar-refractivity contribution is 7.71. The van der Waals surface area contributed by atoms with Crippen LogP contribution >= 0.6 is 23.8 Å². The third-order valence-electron chi connectivity index (χ3n) is 4.94. The van der Waals surface area contributed by atoms with Crippen LogP contribution in [0.5, 0.6) is 0 Å². The fourth-order valence-corrected chi connectivity index (χ4v) is 4.20. The summed E-state index contributed by atoms with van der Waals surface area (Å²) in [5.74, 6) is 0. The Morgan fingerprint density at radius 1 is 0.828 bits per heavy atom. The van der Waals surface area contributed by atoms with Gasteiger partial charge in [0.05, 0.1) is 17.4 Å². The van der Waals surface area contributed by atoms with E-state index in [0.717, 1.165) is 39.1 Å². The van der Waals surface area contributed by atoms with Crippen molar-refractivity contribution < 1.29 is 0 Å². The van der Waals surface area contributed by atoms with Gasteiger partial charge >= 0.3 is 0 Å². The van der Waals surface area contributed by atoms with E-state index >= 15 is 0 Å². The lowest BCUT2D eigenvalue weighted by molar-refractivity contribution is 1.08. The second-order valence-corrected chi connectivity index (χ2v) is 7.53. The molecule has 0 saturated heterocycles. The molecule has 0 fully saturated rings. The van der Waals surface area contributed by atoms with Gasteiger partial charge in [-0.1, -0.05) is 90.5 Å². The molecule has 0 aliphatic heterocycles. The molecule has 5 heteroatoms. The van der Waals surface area contributed by atoms with Gasteiger partial charge in [0.25, 0.3) is 0 Å². The SMILES string of the molecule is S=c1nc[nH]c2c1c(-c1ccccc1)c(-c1ccccc1)n2-c1cccc(Cl)c1. The van der Waals surface area contributed by atoms with E-state index in [0.29, 0.717) is 9.66 Å². The molecule has 0 unspecified atom stereocenters. The second-order valence-electron chi connectivity index (χ2n) is 6.70. The van der Waals surface area contributed by atoms with Crippen LogP contribution in [0.2, 0.25) is 5.02 Å². The van der Waals surface area contributed by atoms with Crippen molar-refractivity contribution in [1.29, 1.82) is 0 Å². The van der Waals surface area contributed by atoms with Crippen LogP contribution in [-0.2, 0) is 0 Å². The number of benzene rings is 3. The molecule has 0 amide bonds. The highest BCUT2D eigenvalue weighted by atomic mass is 35.5. The molecule has 0 aliphatic rings. The van der Waals surface area contributed by atoms with E-state index in [2.05, 4.69) is 38.8 Å².